The Balaban J connectivity index is 1.75. The van der Waals surface area contributed by atoms with E-state index in [1.165, 1.54) is 16.9 Å². The molecule has 0 aliphatic heterocycles. The monoisotopic (exact) mass is 379 g/mol. The van der Waals surface area contributed by atoms with Gasteiger partial charge >= 0.3 is 6.18 Å². The van der Waals surface area contributed by atoms with Gasteiger partial charge in [0.05, 0.1) is 11.6 Å². The number of benzene rings is 1. The lowest BCUT2D eigenvalue weighted by Gasteiger charge is -2.27. The third-order valence-corrected chi connectivity index (χ3v) is 5.04. The first kappa shape index (κ1) is 17.7. The van der Waals surface area contributed by atoms with Crippen LogP contribution in [0.5, 0.6) is 0 Å². The van der Waals surface area contributed by atoms with E-state index in [0.717, 1.165) is 30.7 Å². The molecule has 5 nitrogen and oxygen atoms in total. The fourth-order valence-electron chi connectivity index (χ4n) is 3.27. The van der Waals surface area contributed by atoms with Gasteiger partial charge < -0.3 is 5.32 Å². The average Bonchev–Trinajstić information content (AvgIpc) is 3.13. The summed E-state index contributed by atoms with van der Waals surface area (Å²) in [5.41, 5.74) is -0.264. The van der Waals surface area contributed by atoms with Gasteiger partial charge in [-0.25, -0.2) is 9.37 Å². The molecule has 0 bridgehead atoms. The largest absolute Gasteiger partial charge is 0.419 e. The minimum atomic E-state index is -4.72. The molecule has 4 rings (SSSR count). The van der Waals surface area contributed by atoms with Crippen LogP contribution in [0, 0.1) is 18.2 Å². The van der Waals surface area contributed by atoms with Crippen LogP contribution in [0.15, 0.2) is 30.6 Å². The molecule has 1 atom stereocenters. The molecule has 1 aromatic carbocycles. The second kappa shape index (κ2) is 5.90. The van der Waals surface area contributed by atoms with Crippen molar-refractivity contribution in [2.75, 3.05) is 5.32 Å². The Morgan fingerprint density at radius 1 is 1.22 bits per heavy atom. The van der Waals surface area contributed by atoms with Crippen molar-refractivity contribution in [3.05, 3.63) is 53.2 Å². The number of nitrogens with zero attached hydrogens (tertiary/aromatic N) is 4. The predicted octanol–water partition coefficient (Wildman–Crippen LogP) is 4.54. The van der Waals surface area contributed by atoms with Gasteiger partial charge in [-0.1, -0.05) is 13.0 Å². The number of nitrogens with one attached hydrogen (secondary N) is 1. The molecule has 3 aromatic rings. The zero-order valence-corrected chi connectivity index (χ0v) is 14.7. The molecule has 0 spiro atoms. The van der Waals surface area contributed by atoms with Gasteiger partial charge in [0.15, 0.2) is 0 Å². The third kappa shape index (κ3) is 3.22. The highest BCUT2D eigenvalue weighted by molar-refractivity contribution is 5.48. The summed E-state index contributed by atoms with van der Waals surface area (Å²) in [6.45, 7) is 3.83. The smallest absolute Gasteiger partial charge is 0.362 e. The first-order valence-electron chi connectivity index (χ1n) is 8.48. The molecule has 1 aliphatic carbocycles. The predicted molar refractivity (Wildman–Crippen MR) is 90.6 cm³/mol. The number of halogens is 4. The van der Waals surface area contributed by atoms with E-state index in [-0.39, 0.29) is 11.5 Å². The lowest BCUT2D eigenvalue weighted by molar-refractivity contribution is -0.140. The molecule has 27 heavy (non-hydrogen) atoms. The summed E-state index contributed by atoms with van der Waals surface area (Å²) in [5, 5.41) is 7.46. The fourth-order valence-corrected chi connectivity index (χ4v) is 3.27. The molecular weight excluding hydrogens is 362 g/mol. The molecule has 2 heterocycles. The second-order valence-electron chi connectivity index (χ2n) is 7.22. The summed E-state index contributed by atoms with van der Waals surface area (Å²) >= 11 is 0. The minimum Gasteiger partial charge on any atom is -0.362 e. The van der Waals surface area contributed by atoms with Crippen LogP contribution in [0.2, 0.25) is 0 Å². The number of hydrogen-bond acceptors (Lipinski definition) is 4. The normalized spacial score (nSPS) is 17.1. The lowest BCUT2D eigenvalue weighted by Crippen LogP contribution is -2.22. The summed E-state index contributed by atoms with van der Waals surface area (Å²) in [7, 11) is 0. The van der Waals surface area contributed by atoms with Gasteiger partial charge in [0, 0.05) is 11.8 Å². The lowest BCUT2D eigenvalue weighted by atomic mass is 9.91. The Labute approximate surface area is 152 Å². The van der Waals surface area contributed by atoms with Crippen molar-refractivity contribution in [3.8, 4) is 0 Å². The highest BCUT2D eigenvalue weighted by atomic mass is 19.4. The summed E-state index contributed by atoms with van der Waals surface area (Å²) < 4.78 is 54.3. The molecule has 2 aromatic heterocycles. The van der Waals surface area contributed by atoms with E-state index >= 15 is 0 Å². The molecule has 1 saturated carbocycles. The molecule has 0 saturated heterocycles. The van der Waals surface area contributed by atoms with E-state index in [1.54, 1.807) is 6.07 Å². The Hall–Kier alpha value is -2.71. The quantitative estimate of drug-likeness (QED) is 0.676. The average molecular weight is 379 g/mol. The zero-order chi connectivity index (χ0) is 19.4. The maximum Gasteiger partial charge on any atom is 0.419 e. The SMILES string of the molecule is Cc1cc(N[C@@H](c2ccc(C(F)(F)F)c(F)c2)C2(C)CC2)n2ncnc2n1. The van der Waals surface area contributed by atoms with Gasteiger partial charge in [-0.15, -0.1) is 0 Å². The van der Waals surface area contributed by atoms with Crippen molar-refractivity contribution in [1.82, 2.24) is 19.6 Å². The molecule has 9 heteroatoms. The first-order valence-corrected chi connectivity index (χ1v) is 8.48. The zero-order valence-electron chi connectivity index (χ0n) is 14.7. The molecule has 1 N–H and O–H groups in total. The Morgan fingerprint density at radius 2 is 1.96 bits per heavy atom. The second-order valence-corrected chi connectivity index (χ2v) is 7.22. The molecule has 142 valence electrons. The van der Waals surface area contributed by atoms with Gasteiger partial charge in [-0.3, -0.25) is 0 Å². The Bertz CT molecular complexity index is 1010. The summed E-state index contributed by atoms with van der Waals surface area (Å²) in [4.78, 5) is 8.34. The van der Waals surface area contributed by atoms with Crippen LogP contribution in [0.1, 0.15) is 42.6 Å². The molecule has 0 unspecified atom stereocenters. The van der Waals surface area contributed by atoms with Gasteiger partial charge in [0.1, 0.15) is 18.0 Å². The van der Waals surface area contributed by atoms with Crippen molar-refractivity contribution >= 4 is 11.6 Å². The van der Waals surface area contributed by atoms with Crippen LogP contribution in [0.25, 0.3) is 5.78 Å². The molecule has 0 amide bonds. The van der Waals surface area contributed by atoms with Gasteiger partial charge in [-0.05, 0) is 42.9 Å². The fraction of sp³-hybridized carbons (Fsp3) is 0.389. The van der Waals surface area contributed by atoms with Crippen LogP contribution in [-0.2, 0) is 6.18 Å². The van der Waals surface area contributed by atoms with Gasteiger partial charge in [-0.2, -0.15) is 27.8 Å². The van der Waals surface area contributed by atoms with Crippen LogP contribution in [-0.4, -0.2) is 19.6 Å². The number of hydrogen-bond donors (Lipinski definition) is 1. The molecular formula is C18H17F4N5. The number of aryl methyl sites for hydroxylation is 1. The Morgan fingerprint density at radius 3 is 2.59 bits per heavy atom. The maximum absolute atomic E-state index is 14.1. The van der Waals surface area contributed by atoms with Crippen LogP contribution < -0.4 is 5.32 Å². The molecule has 1 fully saturated rings. The van der Waals surface area contributed by atoms with E-state index in [2.05, 4.69) is 20.4 Å². The van der Waals surface area contributed by atoms with Crippen molar-refractivity contribution in [1.29, 1.82) is 0 Å². The van der Waals surface area contributed by atoms with Crippen molar-refractivity contribution in [2.45, 2.75) is 38.9 Å². The van der Waals surface area contributed by atoms with E-state index in [4.69, 9.17) is 0 Å². The number of fused-ring (bicyclic) bond motifs is 1. The topological polar surface area (TPSA) is 55.1 Å². The molecule has 1 aliphatic rings. The number of rotatable bonds is 4. The van der Waals surface area contributed by atoms with E-state index in [9.17, 15) is 17.6 Å². The van der Waals surface area contributed by atoms with Crippen molar-refractivity contribution < 1.29 is 17.6 Å². The highest BCUT2D eigenvalue weighted by Crippen LogP contribution is 2.55. The van der Waals surface area contributed by atoms with Crippen LogP contribution in [0.3, 0.4) is 0 Å². The molecule has 0 radical (unpaired) electrons. The van der Waals surface area contributed by atoms with Crippen LogP contribution >= 0.6 is 0 Å². The third-order valence-electron chi connectivity index (χ3n) is 5.04. The van der Waals surface area contributed by atoms with E-state index < -0.39 is 17.6 Å². The van der Waals surface area contributed by atoms with Gasteiger partial charge in [0.2, 0.25) is 0 Å². The number of anilines is 1. The highest BCUT2D eigenvalue weighted by Gasteiger charge is 2.46. The van der Waals surface area contributed by atoms with Crippen LogP contribution in [0.4, 0.5) is 23.4 Å². The van der Waals surface area contributed by atoms with Crippen molar-refractivity contribution in [2.24, 2.45) is 5.41 Å². The Kier molecular flexibility index (Phi) is 3.87. The van der Waals surface area contributed by atoms with E-state index in [0.29, 0.717) is 17.2 Å². The minimum absolute atomic E-state index is 0.184. The summed E-state index contributed by atoms with van der Waals surface area (Å²) in [6.07, 6.45) is -1.57. The summed E-state index contributed by atoms with van der Waals surface area (Å²) in [6, 6.07) is 4.51. The number of aromatic nitrogens is 4. The number of alkyl halides is 3. The standard InChI is InChI=1S/C18H17F4N5/c1-10-7-14(27-16(25-10)23-9-24-27)26-15(17(2)5-6-17)11-3-4-12(13(19)8-11)18(20,21)22/h3-4,7-9,15,26H,5-6H2,1-2H3/t15-/m0/s1. The first-order chi connectivity index (χ1) is 12.7. The van der Waals surface area contributed by atoms with Gasteiger partial charge in [0.25, 0.3) is 5.78 Å². The van der Waals surface area contributed by atoms with Crippen molar-refractivity contribution in [3.63, 3.8) is 0 Å². The maximum atomic E-state index is 14.1. The van der Waals surface area contributed by atoms with E-state index in [1.807, 2.05) is 13.8 Å². The summed E-state index contributed by atoms with van der Waals surface area (Å²) in [5.74, 6) is -0.253.